The van der Waals surface area contributed by atoms with E-state index in [-0.39, 0.29) is 39.8 Å². The van der Waals surface area contributed by atoms with E-state index in [2.05, 4.69) is 61.5 Å². The van der Waals surface area contributed by atoms with Crippen molar-refractivity contribution in [1.29, 1.82) is 0 Å². The van der Waals surface area contributed by atoms with Crippen LogP contribution in [-0.2, 0) is 4.89 Å². The molecule has 0 saturated heterocycles. The maximum Gasteiger partial charge on any atom is 0.115 e. The molecule has 5 aliphatic carbocycles. The zero-order chi connectivity index (χ0) is 24.2. The molecule has 2 N–H and O–H groups in total. The molecule has 5 rings (SSSR count). The van der Waals surface area contributed by atoms with Crippen molar-refractivity contribution in [2.75, 3.05) is 0 Å². The number of aliphatic hydroxyl groups is 1. The Morgan fingerprint density at radius 2 is 1.58 bits per heavy atom. The molecule has 0 bridgehead atoms. The first-order valence-corrected chi connectivity index (χ1v) is 14.0. The summed E-state index contributed by atoms with van der Waals surface area (Å²) in [6.07, 6.45) is 11.4. The molecule has 3 nitrogen and oxygen atoms in total. The molecule has 0 aromatic heterocycles. The molecular weight excluding hydrogens is 408 g/mol. The van der Waals surface area contributed by atoms with Gasteiger partial charge in [-0.05, 0) is 102 Å². The van der Waals surface area contributed by atoms with E-state index in [1.165, 1.54) is 32.1 Å². The lowest BCUT2D eigenvalue weighted by atomic mass is 9.33. The van der Waals surface area contributed by atoms with Gasteiger partial charge < -0.3 is 5.11 Å². The molecule has 3 heteroatoms. The molecule has 0 spiro atoms. The van der Waals surface area contributed by atoms with Crippen LogP contribution in [0.3, 0.4) is 0 Å². The summed E-state index contributed by atoms with van der Waals surface area (Å²) in [6.45, 7) is 19.7. The minimum atomic E-state index is -0.247. The van der Waals surface area contributed by atoms with Crippen LogP contribution in [0.2, 0.25) is 0 Å². The molecular formula is C30H50O3. The summed E-state index contributed by atoms with van der Waals surface area (Å²) in [5.74, 6) is 2.73. The quantitative estimate of drug-likeness (QED) is 0.243. The normalized spacial score (nSPS) is 57.8. The molecule has 5 aliphatic rings. The van der Waals surface area contributed by atoms with E-state index in [1.807, 2.05) is 0 Å². The van der Waals surface area contributed by atoms with Gasteiger partial charge in [0, 0.05) is 5.92 Å². The molecule has 4 saturated carbocycles. The van der Waals surface area contributed by atoms with Crippen molar-refractivity contribution in [3.8, 4) is 0 Å². The summed E-state index contributed by atoms with van der Waals surface area (Å²) < 4.78 is 0. The van der Waals surface area contributed by atoms with Crippen LogP contribution < -0.4 is 0 Å². The third-order valence-electron chi connectivity index (χ3n) is 13.4. The molecule has 0 aromatic rings. The first-order chi connectivity index (χ1) is 15.3. The topological polar surface area (TPSA) is 49.7 Å². The highest BCUT2D eigenvalue weighted by Crippen LogP contribution is 2.75. The molecule has 0 amide bonds. The van der Waals surface area contributed by atoms with Crippen molar-refractivity contribution >= 4 is 0 Å². The zero-order valence-corrected chi connectivity index (χ0v) is 22.6. The molecule has 0 heterocycles. The Morgan fingerprint density at radius 1 is 0.879 bits per heavy atom. The largest absolute Gasteiger partial charge is 0.393 e. The van der Waals surface area contributed by atoms with Crippen molar-refractivity contribution in [2.24, 2.45) is 56.7 Å². The molecule has 11 atom stereocenters. The van der Waals surface area contributed by atoms with Gasteiger partial charge in [0.2, 0.25) is 0 Å². The van der Waals surface area contributed by atoms with Gasteiger partial charge in [0.25, 0.3) is 0 Å². The number of rotatable bonds is 1. The first-order valence-electron chi connectivity index (χ1n) is 14.0. The lowest BCUT2D eigenvalue weighted by molar-refractivity contribution is -0.323. The van der Waals surface area contributed by atoms with Crippen LogP contribution in [0.1, 0.15) is 107 Å². The lowest BCUT2D eigenvalue weighted by Crippen LogP contribution is -2.67. The molecule has 0 radical (unpaired) electrons. The monoisotopic (exact) mass is 458 g/mol. The van der Waals surface area contributed by atoms with Crippen LogP contribution in [-0.4, -0.2) is 22.6 Å². The van der Waals surface area contributed by atoms with E-state index in [4.69, 9.17) is 4.89 Å². The average molecular weight is 459 g/mol. The Morgan fingerprint density at radius 3 is 2.24 bits per heavy atom. The maximum absolute atomic E-state index is 10.9. The standard InChI is InChI=1S/C30H50O3/c1-18-9-12-27(5)15-16-29(7)20(24(27)19(18)2)17-21(33-32)25-28(6)13-11-23(31)26(3,4)22(28)10-14-30(25,29)8/h17-19,21-25,31-32H,9-16H2,1-8H3/t18-,19+,21-,22+,23+,24+,25-,27-,28+,29-,30-/m1/s1. The van der Waals surface area contributed by atoms with Gasteiger partial charge in [-0.1, -0.05) is 67.0 Å². The number of hydrogen-bond donors (Lipinski definition) is 2. The van der Waals surface area contributed by atoms with Crippen LogP contribution in [0, 0.1) is 56.7 Å². The van der Waals surface area contributed by atoms with Crippen LogP contribution >= 0.6 is 0 Å². The highest BCUT2D eigenvalue weighted by atomic mass is 17.1. The van der Waals surface area contributed by atoms with Crippen LogP contribution in [0.15, 0.2) is 11.6 Å². The fraction of sp³-hybridized carbons (Fsp3) is 0.933. The summed E-state index contributed by atoms with van der Waals surface area (Å²) in [5, 5.41) is 21.3. The SMILES string of the molecule is C[C@H]1[C@H](C)CC[C@]2(C)CC[C@]3(C)C(=C[C@@H](OO)[C@@H]4[C@@]5(C)CC[C@H](O)C(C)(C)[C@@H]5CC[C@]43C)[C@H]12. The minimum Gasteiger partial charge on any atom is -0.393 e. The van der Waals surface area contributed by atoms with E-state index < -0.39 is 0 Å². The molecule has 188 valence electrons. The number of aliphatic hydroxyl groups excluding tert-OH is 1. The predicted octanol–water partition coefficient (Wildman–Crippen LogP) is 7.49. The van der Waals surface area contributed by atoms with Crippen molar-refractivity contribution in [3.05, 3.63) is 11.6 Å². The first kappa shape index (κ1) is 24.3. The number of allylic oxidation sites excluding steroid dienone is 1. The highest BCUT2D eigenvalue weighted by Gasteiger charge is 2.70. The van der Waals surface area contributed by atoms with Crippen molar-refractivity contribution in [3.63, 3.8) is 0 Å². The van der Waals surface area contributed by atoms with Gasteiger partial charge in [0.1, 0.15) is 6.10 Å². The summed E-state index contributed by atoms with van der Waals surface area (Å²) >= 11 is 0. The Balaban J connectivity index is 1.66. The van der Waals surface area contributed by atoms with E-state index in [0.717, 1.165) is 25.2 Å². The maximum atomic E-state index is 10.9. The number of fused-ring (bicyclic) bond motifs is 7. The van der Waals surface area contributed by atoms with E-state index in [0.29, 0.717) is 23.2 Å². The third kappa shape index (κ3) is 2.91. The predicted molar refractivity (Wildman–Crippen MR) is 134 cm³/mol. The molecule has 4 fully saturated rings. The van der Waals surface area contributed by atoms with Crippen LogP contribution in [0.4, 0.5) is 0 Å². The van der Waals surface area contributed by atoms with Gasteiger partial charge in [-0.25, -0.2) is 4.89 Å². The third-order valence-corrected chi connectivity index (χ3v) is 13.4. The van der Waals surface area contributed by atoms with Gasteiger partial charge in [0.15, 0.2) is 0 Å². The number of hydrogen-bond acceptors (Lipinski definition) is 3. The summed E-state index contributed by atoms with van der Waals surface area (Å²) in [4.78, 5) is 5.46. The van der Waals surface area contributed by atoms with Crippen molar-refractivity contribution in [2.45, 2.75) is 119 Å². The summed E-state index contributed by atoms with van der Waals surface area (Å²) in [6, 6.07) is 0. The van der Waals surface area contributed by atoms with Gasteiger partial charge >= 0.3 is 0 Å². The molecule has 33 heavy (non-hydrogen) atoms. The highest BCUT2D eigenvalue weighted by molar-refractivity contribution is 5.35. The van der Waals surface area contributed by atoms with E-state index in [9.17, 15) is 10.4 Å². The fourth-order valence-corrected chi connectivity index (χ4v) is 11.0. The second-order valence-electron chi connectivity index (χ2n) is 14.9. The zero-order valence-electron chi connectivity index (χ0n) is 22.6. The van der Waals surface area contributed by atoms with Gasteiger partial charge in [-0.3, -0.25) is 5.26 Å². The van der Waals surface area contributed by atoms with Crippen LogP contribution in [0.5, 0.6) is 0 Å². The Labute approximate surface area is 202 Å². The van der Waals surface area contributed by atoms with Crippen molar-refractivity contribution < 1.29 is 15.3 Å². The lowest BCUT2D eigenvalue weighted by Gasteiger charge is -2.72. The molecule has 0 unspecified atom stereocenters. The van der Waals surface area contributed by atoms with Crippen molar-refractivity contribution in [1.82, 2.24) is 0 Å². The second-order valence-corrected chi connectivity index (χ2v) is 14.9. The molecule has 0 aliphatic heterocycles. The Kier molecular flexibility index (Phi) is 5.40. The average Bonchev–Trinajstić information content (AvgIpc) is 2.74. The van der Waals surface area contributed by atoms with E-state index >= 15 is 0 Å². The summed E-state index contributed by atoms with van der Waals surface area (Å²) in [5.41, 5.74) is 2.19. The van der Waals surface area contributed by atoms with Gasteiger partial charge in [0.05, 0.1) is 6.10 Å². The summed E-state index contributed by atoms with van der Waals surface area (Å²) in [7, 11) is 0. The Hall–Kier alpha value is -0.380. The fourth-order valence-electron chi connectivity index (χ4n) is 11.0. The smallest absolute Gasteiger partial charge is 0.115 e. The molecule has 0 aromatic carbocycles. The minimum absolute atomic E-state index is 0.0559. The van der Waals surface area contributed by atoms with Crippen LogP contribution in [0.25, 0.3) is 0 Å². The Bertz CT molecular complexity index is 832. The van der Waals surface area contributed by atoms with E-state index in [1.54, 1.807) is 5.57 Å². The second kappa shape index (κ2) is 7.32. The van der Waals surface area contributed by atoms with Gasteiger partial charge in [-0.15, -0.1) is 0 Å². The van der Waals surface area contributed by atoms with Gasteiger partial charge in [-0.2, -0.15) is 0 Å².